The van der Waals surface area contributed by atoms with Crippen molar-refractivity contribution in [3.63, 3.8) is 0 Å². The maximum Gasteiger partial charge on any atom is 0.214 e. The van der Waals surface area contributed by atoms with E-state index in [0.29, 0.717) is 19.4 Å². The van der Waals surface area contributed by atoms with E-state index in [1.165, 1.54) is 4.31 Å². The zero-order chi connectivity index (χ0) is 14.8. The van der Waals surface area contributed by atoms with Crippen molar-refractivity contribution >= 4 is 10.0 Å². The van der Waals surface area contributed by atoms with E-state index in [0.717, 1.165) is 5.56 Å². The molecule has 20 heavy (non-hydrogen) atoms. The lowest BCUT2D eigenvalue weighted by Gasteiger charge is -2.36. The third-order valence-electron chi connectivity index (χ3n) is 3.86. The summed E-state index contributed by atoms with van der Waals surface area (Å²) in [5.41, 5.74) is 0.126. The van der Waals surface area contributed by atoms with Gasteiger partial charge in [0.05, 0.1) is 11.4 Å². The van der Waals surface area contributed by atoms with Crippen molar-refractivity contribution in [2.24, 2.45) is 0 Å². The Hall–Kier alpha value is -0.910. The topological polar surface area (TPSA) is 57.6 Å². The van der Waals surface area contributed by atoms with Crippen LogP contribution in [0.2, 0.25) is 0 Å². The summed E-state index contributed by atoms with van der Waals surface area (Å²) in [5, 5.41) is 10.1. The van der Waals surface area contributed by atoms with Crippen LogP contribution in [-0.4, -0.2) is 42.3 Å². The van der Waals surface area contributed by atoms with Crippen molar-refractivity contribution in [3.05, 3.63) is 35.9 Å². The molecule has 2 unspecified atom stereocenters. The number of hydrogen-bond acceptors (Lipinski definition) is 3. The Morgan fingerprint density at radius 2 is 2.00 bits per heavy atom. The molecule has 1 saturated heterocycles. The van der Waals surface area contributed by atoms with Crippen LogP contribution in [0, 0.1) is 0 Å². The highest BCUT2D eigenvalue weighted by molar-refractivity contribution is 7.89. The molecule has 1 N–H and O–H groups in total. The smallest absolute Gasteiger partial charge is 0.214 e. The fourth-order valence-electron chi connectivity index (χ4n) is 2.71. The zero-order valence-corrected chi connectivity index (χ0v) is 12.9. The van der Waals surface area contributed by atoms with Gasteiger partial charge in [-0.3, -0.25) is 0 Å². The molecule has 2 atom stereocenters. The molecule has 1 aliphatic rings. The molecule has 1 aromatic carbocycles. The van der Waals surface area contributed by atoms with Crippen LogP contribution >= 0.6 is 0 Å². The van der Waals surface area contributed by atoms with Crippen LogP contribution in [0.5, 0.6) is 0 Å². The van der Waals surface area contributed by atoms with Gasteiger partial charge in [0.15, 0.2) is 0 Å². The van der Waals surface area contributed by atoms with Crippen molar-refractivity contribution in [3.8, 4) is 0 Å². The van der Waals surface area contributed by atoms with Crippen LogP contribution in [0.4, 0.5) is 0 Å². The van der Waals surface area contributed by atoms with E-state index in [9.17, 15) is 13.5 Å². The fraction of sp³-hybridized carbons (Fsp3) is 0.600. The van der Waals surface area contributed by atoms with Crippen molar-refractivity contribution in [1.29, 1.82) is 0 Å². The maximum absolute atomic E-state index is 12.5. The largest absolute Gasteiger partial charge is 0.389 e. The number of sulfonamides is 1. The SMILES string of the molecule is CC(CS(=O)(=O)N1CCCC(C)(O)C1)c1ccccc1. The molecule has 1 fully saturated rings. The molecule has 0 aromatic heterocycles. The van der Waals surface area contributed by atoms with E-state index < -0.39 is 15.6 Å². The normalized spacial score (nSPS) is 26.4. The second kappa shape index (κ2) is 5.84. The molecule has 0 amide bonds. The number of β-amino-alcohol motifs (C(OH)–C–C–N with tert-alkyl or cyclic N) is 1. The molecule has 0 bridgehead atoms. The van der Waals surface area contributed by atoms with Gasteiger partial charge < -0.3 is 5.11 Å². The van der Waals surface area contributed by atoms with Crippen LogP contribution in [0.1, 0.15) is 38.2 Å². The van der Waals surface area contributed by atoms with E-state index >= 15 is 0 Å². The number of benzene rings is 1. The van der Waals surface area contributed by atoms with E-state index in [2.05, 4.69) is 0 Å². The minimum atomic E-state index is -3.33. The first-order valence-corrected chi connectivity index (χ1v) is 8.66. The number of aliphatic hydroxyl groups is 1. The van der Waals surface area contributed by atoms with E-state index in [-0.39, 0.29) is 18.2 Å². The highest BCUT2D eigenvalue weighted by Gasteiger charge is 2.35. The predicted molar refractivity (Wildman–Crippen MR) is 80.1 cm³/mol. The number of hydrogen-bond donors (Lipinski definition) is 1. The summed E-state index contributed by atoms with van der Waals surface area (Å²) in [5.74, 6) is 0.0423. The summed E-state index contributed by atoms with van der Waals surface area (Å²) >= 11 is 0. The van der Waals surface area contributed by atoms with Crippen LogP contribution in [0.15, 0.2) is 30.3 Å². The second-order valence-electron chi connectivity index (χ2n) is 6.02. The number of rotatable bonds is 4. The Morgan fingerprint density at radius 1 is 1.35 bits per heavy atom. The molecule has 0 spiro atoms. The quantitative estimate of drug-likeness (QED) is 0.924. The van der Waals surface area contributed by atoms with Gasteiger partial charge in [-0.2, -0.15) is 4.31 Å². The molecule has 2 rings (SSSR count). The summed E-state index contributed by atoms with van der Waals surface area (Å²) in [7, 11) is -3.33. The highest BCUT2D eigenvalue weighted by Crippen LogP contribution is 2.25. The van der Waals surface area contributed by atoms with Crippen LogP contribution < -0.4 is 0 Å². The lowest BCUT2D eigenvalue weighted by atomic mass is 9.97. The Labute approximate surface area is 121 Å². The molecule has 0 radical (unpaired) electrons. The van der Waals surface area contributed by atoms with E-state index in [1.54, 1.807) is 6.92 Å². The standard InChI is InChI=1S/C15H23NO3S/c1-13(14-7-4-3-5-8-14)11-20(18,19)16-10-6-9-15(2,17)12-16/h3-5,7-8,13,17H,6,9-12H2,1-2H3. The minimum absolute atomic E-state index is 0.0481. The second-order valence-corrected chi connectivity index (χ2v) is 8.04. The van der Waals surface area contributed by atoms with Crippen molar-refractivity contribution in [2.75, 3.05) is 18.8 Å². The van der Waals surface area contributed by atoms with Gasteiger partial charge in [0.2, 0.25) is 10.0 Å². The lowest BCUT2D eigenvalue weighted by molar-refractivity contribution is 0.00938. The lowest BCUT2D eigenvalue weighted by Crippen LogP contribution is -2.49. The molecule has 5 heteroatoms. The van der Waals surface area contributed by atoms with Gasteiger partial charge in [-0.25, -0.2) is 8.42 Å². The molecule has 1 aliphatic heterocycles. The minimum Gasteiger partial charge on any atom is -0.389 e. The van der Waals surface area contributed by atoms with Gasteiger partial charge in [0, 0.05) is 13.1 Å². The molecule has 1 aromatic rings. The number of nitrogens with zero attached hydrogens (tertiary/aromatic N) is 1. The average molecular weight is 297 g/mol. The molecule has 112 valence electrons. The van der Waals surface area contributed by atoms with Crippen LogP contribution in [0.3, 0.4) is 0 Å². The first kappa shape index (κ1) is 15.5. The third-order valence-corrected chi connectivity index (χ3v) is 5.88. The third kappa shape index (κ3) is 3.81. The molecular weight excluding hydrogens is 274 g/mol. The van der Waals surface area contributed by atoms with Crippen molar-refractivity contribution in [2.45, 2.75) is 38.2 Å². The number of piperidine rings is 1. The Kier molecular flexibility index (Phi) is 4.52. The summed E-state index contributed by atoms with van der Waals surface area (Å²) in [4.78, 5) is 0. The van der Waals surface area contributed by atoms with Gasteiger partial charge in [-0.1, -0.05) is 37.3 Å². The van der Waals surface area contributed by atoms with E-state index in [4.69, 9.17) is 0 Å². The van der Waals surface area contributed by atoms with Crippen molar-refractivity contribution in [1.82, 2.24) is 4.31 Å². The summed E-state index contributed by atoms with van der Waals surface area (Å²) in [6.45, 7) is 4.35. The first-order chi connectivity index (χ1) is 9.30. The predicted octanol–water partition coefficient (Wildman–Crippen LogP) is 1.97. The summed E-state index contributed by atoms with van der Waals surface area (Å²) in [6.07, 6.45) is 1.37. The first-order valence-electron chi connectivity index (χ1n) is 7.05. The van der Waals surface area contributed by atoms with Gasteiger partial charge in [-0.15, -0.1) is 0 Å². The van der Waals surface area contributed by atoms with Crippen molar-refractivity contribution < 1.29 is 13.5 Å². The summed E-state index contributed by atoms with van der Waals surface area (Å²) < 4.78 is 26.4. The monoisotopic (exact) mass is 297 g/mol. The van der Waals surface area contributed by atoms with Gasteiger partial charge in [-0.05, 0) is 31.2 Å². The molecular formula is C15H23NO3S. The van der Waals surface area contributed by atoms with Crippen LogP contribution in [0.25, 0.3) is 0 Å². The van der Waals surface area contributed by atoms with Crippen LogP contribution in [-0.2, 0) is 10.0 Å². The Bertz CT molecular complexity index is 539. The highest BCUT2D eigenvalue weighted by atomic mass is 32.2. The average Bonchev–Trinajstić information content (AvgIpc) is 2.38. The van der Waals surface area contributed by atoms with Gasteiger partial charge in [0.25, 0.3) is 0 Å². The molecule has 4 nitrogen and oxygen atoms in total. The van der Waals surface area contributed by atoms with Gasteiger partial charge >= 0.3 is 0 Å². The fourth-order valence-corrected chi connectivity index (χ4v) is 4.63. The zero-order valence-electron chi connectivity index (χ0n) is 12.1. The Morgan fingerprint density at radius 3 is 2.60 bits per heavy atom. The van der Waals surface area contributed by atoms with Gasteiger partial charge in [0.1, 0.15) is 0 Å². The van der Waals surface area contributed by atoms with E-state index in [1.807, 2.05) is 37.3 Å². The molecule has 1 heterocycles. The Balaban J connectivity index is 2.07. The maximum atomic E-state index is 12.5. The summed E-state index contributed by atoms with van der Waals surface area (Å²) in [6, 6.07) is 9.67. The molecule has 0 aliphatic carbocycles. The molecule has 0 saturated carbocycles.